The quantitative estimate of drug-likeness (QED) is 0.579. The molecule has 0 aromatic heterocycles. The molecule has 0 bridgehead atoms. The number of hydrogen-bond acceptors (Lipinski definition) is 7. The van der Waals surface area contributed by atoms with E-state index < -0.39 is 6.04 Å². The lowest BCUT2D eigenvalue weighted by molar-refractivity contribution is -0.125. The normalized spacial score (nSPS) is 31.6. The van der Waals surface area contributed by atoms with Crippen LogP contribution in [-0.4, -0.2) is 57.6 Å². The monoisotopic (exact) mass is 434 g/mol. The highest BCUT2D eigenvalue weighted by molar-refractivity contribution is 8.01. The van der Waals surface area contributed by atoms with Gasteiger partial charge in [-0.15, -0.1) is 23.5 Å². The minimum atomic E-state index is -0.416. The summed E-state index contributed by atoms with van der Waals surface area (Å²) in [5, 5.41) is 15.3. The molecule has 4 rings (SSSR count). The molecule has 2 heterocycles. The van der Waals surface area contributed by atoms with E-state index in [1.165, 1.54) is 29.3 Å². The number of carbonyl (C=O) groups is 2. The van der Waals surface area contributed by atoms with E-state index in [2.05, 4.69) is 34.9 Å². The van der Waals surface area contributed by atoms with E-state index in [9.17, 15) is 14.7 Å². The van der Waals surface area contributed by atoms with Gasteiger partial charge in [-0.05, 0) is 49.1 Å². The van der Waals surface area contributed by atoms with Gasteiger partial charge in [-0.2, -0.15) is 0 Å². The summed E-state index contributed by atoms with van der Waals surface area (Å²) in [5.41, 5.74) is 2.95. The minimum absolute atomic E-state index is 0.0492. The number of fused-ring (bicyclic) bond motifs is 1. The number of aryl methyl sites for hydroxylation is 1. The maximum Gasteiger partial charge on any atom is 0.165 e. The molecule has 1 aliphatic carbocycles. The van der Waals surface area contributed by atoms with Gasteiger partial charge < -0.3 is 10.4 Å². The predicted molar refractivity (Wildman–Crippen MR) is 119 cm³/mol. The van der Waals surface area contributed by atoms with Gasteiger partial charge in [0.25, 0.3) is 0 Å². The number of Topliss-reactive ketones (excluding diaryl/α,β-unsaturated/α-hetero) is 2. The van der Waals surface area contributed by atoms with E-state index in [4.69, 9.17) is 0 Å². The Hall–Kier alpha value is -0.860. The molecule has 7 heteroatoms. The van der Waals surface area contributed by atoms with Crippen LogP contribution in [0.4, 0.5) is 0 Å². The second kappa shape index (κ2) is 9.96. The minimum Gasteiger partial charge on any atom is -0.395 e. The van der Waals surface area contributed by atoms with Gasteiger partial charge >= 0.3 is 0 Å². The third kappa shape index (κ3) is 4.90. The van der Waals surface area contributed by atoms with Crippen molar-refractivity contribution < 1.29 is 14.7 Å². The number of nitrogens with one attached hydrogen (secondary N) is 2. The summed E-state index contributed by atoms with van der Waals surface area (Å²) in [5.74, 6) is 2.24. The van der Waals surface area contributed by atoms with Crippen LogP contribution in [0.2, 0.25) is 0 Å². The van der Waals surface area contributed by atoms with E-state index in [1.807, 2.05) is 0 Å². The molecule has 5 nitrogen and oxygen atoms in total. The summed E-state index contributed by atoms with van der Waals surface area (Å²) in [6.07, 6.45) is 6.02. The Labute approximate surface area is 181 Å². The van der Waals surface area contributed by atoms with E-state index in [0.29, 0.717) is 24.1 Å². The molecule has 1 aromatic carbocycles. The Morgan fingerprint density at radius 2 is 1.83 bits per heavy atom. The molecule has 3 aliphatic rings. The summed E-state index contributed by atoms with van der Waals surface area (Å²) in [7, 11) is 0. The van der Waals surface area contributed by atoms with Crippen molar-refractivity contribution in [2.45, 2.75) is 61.1 Å². The number of thioether (sulfide) groups is 2. The SMILES string of the molecule is O=C(CCC[C@@H]1CCc2ccccc2C1)C1SCN[C@@H]1C(=O)C1SCN[C@@H]1CO. The molecular weight excluding hydrogens is 404 g/mol. The standard InChI is InChI=1S/C22H30N2O3S2/c25-11-17-21(28-12-23-17)20(27)19-22(29-13-24-19)18(26)7-3-4-14-8-9-15-5-1-2-6-16(15)10-14/h1-2,5-6,14,17,19,21-25H,3-4,7-13H2/t14-,17-,19-,21?,22?/m1/s1. The van der Waals surface area contributed by atoms with E-state index in [1.54, 1.807) is 11.8 Å². The van der Waals surface area contributed by atoms with Gasteiger partial charge in [0.2, 0.25) is 0 Å². The maximum absolute atomic E-state index is 13.0. The fourth-order valence-corrected chi connectivity index (χ4v) is 7.17. The Morgan fingerprint density at radius 1 is 1.07 bits per heavy atom. The Balaban J connectivity index is 1.26. The largest absolute Gasteiger partial charge is 0.395 e. The molecular formula is C22H30N2O3S2. The molecule has 2 unspecified atom stereocenters. The van der Waals surface area contributed by atoms with Gasteiger partial charge in [0.05, 0.1) is 23.1 Å². The molecule has 0 radical (unpaired) electrons. The predicted octanol–water partition coefficient (Wildman–Crippen LogP) is 2.15. The van der Waals surface area contributed by atoms with Gasteiger partial charge in [0.15, 0.2) is 5.78 Å². The zero-order valence-corrected chi connectivity index (χ0v) is 18.3. The zero-order valence-electron chi connectivity index (χ0n) is 16.6. The molecule has 158 valence electrons. The summed E-state index contributed by atoms with van der Waals surface area (Å²) in [6, 6.07) is 8.08. The molecule has 3 N–H and O–H groups in total. The fourth-order valence-electron chi connectivity index (χ4n) is 4.77. The zero-order chi connectivity index (χ0) is 20.2. The molecule has 1 aromatic rings. The van der Waals surface area contributed by atoms with Gasteiger partial charge in [-0.3, -0.25) is 14.9 Å². The highest BCUT2D eigenvalue weighted by atomic mass is 32.2. The van der Waals surface area contributed by atoms with Crippen LogP contribution >= 0.6 is 23.5 Å². The van der Waals surface area contributed by atoms with Crippen molar-refractivity contribution in [3.63, 3.8) is 0 Å². The van der Waals surface area contributed by atoms with Crippen LogP contribution < -0.4 is 10.6 Å². The molecule has 0 amide bonds. The van der Waals surface area contributed by atoms with E-state index >= 15 is 0 Å². The van der Waals surface area contributed by atoms with Crippen molar-refractivity contribution >= 4 is 35.1 Å². The average molecular weight is 435 g/mol. The molecule has 5 atom stereocenters. The van der Waals surface area contributed by atoms with Crippen molar-refractivity contribution in [1.29, 1.82) is 0 Å². The number of benzene rings is 1. The first-order valence-corrected chi connectivity index (χ1v) is 12.7. The van der Waals surface area contributed by atoms with Gasteiger partial charge in [0.1, 0.15) is 5.78 Å². The van der Waals surface area contributed by atoms with Crippen molar-refractivity contribution in [2.75, 3.05) is 18.4 Å². The molecule has 2 fully saturated rings. The third-order valence-electron chi connectivity index (χ3n) is 6.43. The molecule has 2 saturated heterocycles. The lowest BCUT2D eigenvalue weighted by atomic mass is 9.81. The summed E-state index contributed by atoms with van der Waals surface area (Å²) >= 11 is 3.09. The lowest BCUT2D eigenvalue weighted by Crippen LogP contribution is -2.50. The molecule has 29 heavy (non-hydrogen) atoms. The average Bonchev–Trinajstić information content (AvgIpc) is 3.42. The van der Waals surface area contributed by atoms with E-state index in [-0.39, 0.29) is 34.7 Å². The first-order chi connectivity index (χ1) is 14.2. The smallest absolute Gasteiger partial charge is 0.165 e. The Bertz CT molecular complexity index is 745. The van der Waals surface area contributed by atoms with Gasteiger partial charge in [-0.1, -0.05) is 24.3 Å². The topological polar surface area (TPSA) is 78.4 Å². The Kier molecular flexibility index (Phi) is 7.34. The first kappa shape index (κ1) is 21.4. The van der Waals surface area contributed by atoms with Crippen LogP contribution in [0.15, 0.2) is 24.3 Å². The third-order valence-corrected chi connectivity index (χ3v) is 8.91. The van der Waals surface area contributed by atoms with E-state index in [0.717, 1.165) is 25.7 Å². The van der Waals surface area contributed by atoms with Crippen LogP contribution in [0.3, 0.4) is 0 Å². The highest BCUT2D eigenvalue weighted by Gasteiger charge is 2.44. The fraction of sp³-hybridized carbons (Fsp3) is 0.636. The number of aliphatic hydroxyl groups excluding tert-OH is 1. The second-order valence-electron chi connectivity index (χ2n) is 8.28. The number of ketones is 2. The van der Waals surface area contributed by atoms with Gasteiger partial charge in [0, 0.05) is 24.2 Å². The van der Waals surface area contributed by atoms with Gasteiger partial charge in [-0.25, -0.2) is 0 Å². The van der Waals surface area contributed by atoms with Crippen molar-refractivity contribution in [2.24, 2.45) is 5.92 Å². The lowest BCUT2D eigenvalue weighted by Gasteiger charge is -2.25. The Morgan fingerprint density at radius 3 is 2.66 bits per heavy atom. The number of hydrogen-bond donors (Lipinski definition) is 3. The number of rotatable bonds is 8. The van der Waals surface area contributed by atoms with Crippen molar-refractivity contribution in [1.82, 2.24) is 10.6 Å². The second-order valence-corrected chi connectivity index (χ2v) is 10.5. The summed E-state index contributed by atoms with van der Waals surface area (Å²) in [6.45, 7) is -0.0492. The van der Waals surface area contributed by atoms with Crippen LogP contribution in [-0.2, 0) is 22.4 Å². The first-order valence-electron chi connectivity index (χ1n) is 10.6. The number of carbonyl (C=O) groups excluding carboxylic acids is 2. The highest BCUT2D eigenvalue weighted by Crippen LogP contribution is 2.32. The molecule has 2 aliphatic heterocycles. The van der Waals surface area contributed by atoms with Crippen LogP contribution in [0.5, 0.6) is 0 Å². The summed E-state index contributed by atoms with van der Waals surface area (Å²) < 4.78 is 0. The van der Waals surface area contributed by atoms with Crippen LogP contribution in [0.1, 0.15) is 36.8 Å². The maximum atomic E-state index is 13.0. The van der Waals surface area contributed by atoms with Crippen LogP contribution in [0, 0.1) is 5.92 Å². The van der Waals surface area contributed by atoms with Crippen LogP contribution in [0.25, 0.3) is 0 Å². The number of aliphatic hydroxyl groups is 1. The molecule has 0 saturated carbocycles. The molecule has 0 spiro atoms. The van der Waals surface area contributed by atoms with Crippen molar-refractivity contribution in [3.8, 4) is 0 Å². The summed E-state index contributed by atoms with van der Waals surface area (Å²) in [4.78, 5) is 25.9. The van der Waals surface area contributed by atoms with Crippen molar-refractivity contribution in [3.05, 3.63) is 35.4 Å².